The van der Waals surface area contributed by atoms with Crippen LogP contribution in [0.2, 0.25) is 0 Å². The first-order chi connectivity index (χ1) is 16.4. The summed E-state index contributed by atoms with van der Waals surface area (Å²) in [6.07, 6.45) is 1.89. The molecule has 0 saturated carbocycles. The number of para-hydroxylation sites is 2. The molecule has 172 valence electrons. The van der Waals surface area contributed by atoms with Crippen molar-refractivity contribution in [1.29, 1.82) is 0 Å². The molecule has 6 heteroatoms. The van der Waals surface area contributed by atoms with Crippen LogP contribution in [0.4, 0.5) is 0 Å². The van der Waals surface area contributed by atoms with Gasteiger partial charge in [-0.2, -0.15) is 0 Å². The zero-order valence-electron chi connectivity index (χ0n) is 19.4. The van der Waals surface area contributed by atoms with E-state index in [1.54, 1.807) is 4.40 Å². The van der Waals surface area contributed by atoms with E-state index in [0.717, 1.165) is 28.1 Å². The maximum Gasteiger partial charge on any atom is 0.274 e. The Morgan fingerprint density at radius 1 is 0.882 bits per heavy atom. The molecular weight excluding hydrogens is 444 g/mol. The van der Waals surface area contributed by atoms with Gasteiger partial charge in [0.1, 0.15) is 24.7 Å². The summed E-state index contributed by atoms with van der Waals surface area (Å²) in [4.78, 5) is 18.2. The Morgan fingerprint density at radius 3 is 2.15 bits per heavy atom. The predicted molar refractivity (Wildman–Crippen MR) is 138 cm³/mol. The van der Waals surface area contributed by atoms with Gasteiger partial charge < -0.3 is 9.47 Å². The van der Waals surface area contributed by atoms with Gasteiger partial charge in [-0.05, 0) is 59.0 Å². The fourth-order valence-electron chi connectivity index (χ4n) is 3.79. The highest BCUT2D eigenvalue weighted by atomic mass is 32.1. The molecule has 0 N–H and O–H groups in total. The first kappa shape index (κ1) is 22.2. The van der Waals surface area contributed by atoms with E-state index < -0.39 is 0 Å². The van der Waals surface area contributed by atoms with Crippen LogP contribution in [0.3, 0.4) is 0 Å². The van der Waals surface area contributed by atoms with Gasteiger partial charge in [-0.3, -0.25) is 4.79 Å². The molecule has 0 spiro atoms. The van der Waals surface area contributed by atoms with E-state index in [1.165, 1.54) is 16.9 Å². The standard InChI is InChI=1S/C28H26N2O3S/c1-28(2,3)20-10-14-22(15-11-20)33-17-16-32-21-12-8-19(9-13-21)18-25-26(31)30-24-7-5-4-6-23(24)29-27(30)34-25/h4-15,18H,16-17H2,1-3H3/b25-18-. The van der Waals surface area contributed by atoms with Gasteiger partial charge in [0, 0.05) is 0 Å². The minimum Gasteiger partial charge on any atom is -0.490 e. The highest BCUT2D eigenvalue weighted by Gasteiger charge is 2.13. The lowest BCUT2D eigenvalue weighted by molar-refractivity contribution is 0.217. The lowest BCUT2D eigenvalue weighted by Crippen LogP contribution is -2.22. The van der Waals surface area contributed by atoms with Crippen LogP contribution >= 0.6 is 11.3 Å². The molecule has 0 aliphatic carbocycles. The maximum atomic E-state index is 12.9. The molecule has 0 aliphatic heterocycles. The second-order valence-corrected chi connectivity index (χ2v) is 10.2. The molecule has 0 unspecified atom stereocenters. The van der Waals surface area contributed by atoms with Crippen LogP contribution in [0.1, 0.15) is 31.9 Å². The fourth-order valence-corrected chi connectivity index (χ4v) is 4.78. The van der Waals surface area contributed by atoms with Crippen molar-refractivity contribution in [2.75, 3.05) is 13.2 Å². The first-order valence-electron chi connectivity index (χ1n) is 11.3. The van der Waals surface area contributed by atoms with Gasteiger partial charge in [0.05, 0.1) is 15.6 Å². The molecule has 0 fully saturated rings. The van der Waals surface area contributed by atoms with E-state index in [2.05, 4.69) is 37.9 Å². The zero-order valence-corrected chi connectivity index (χ0v) is 20.3. The third-order valence-corrected chi connectivity index (χ3v) is 6.63. The average molecular weight is 471 g/mol. The molecule has 0 bridgehead atoms. The molecule has 2 heterocycles. The Labute approximate surface area is 201 Å². The second-order valence-electron chi connectivity index (χ2n) is 9.17. The number of imidazole rings is 1. The number of thiazole rings is 1. The molecule has 0 atom stereocenters. The molecular formula is C28H26N2O3S. The SMILES string of the molecule is CC(C)(C)c1ccc(OCCOc2ccc(/C=c3\sc4nc5ccccc5n4c3=O)cc2)cc1. The topological polar surface area (TPSA) is 52.8 Å². The summed E-state index contributed by atoms with van der Waals surface area (Å²) in [5, 5.41) is 0. The summed E-state index contributed by atoms with van der Waals surface area (Å²) < 4.78 is 13.9. The van der Waals surface area contributed by atoms with Crippen molar-refractivity contribution in [3.05, 3.63) is 98.8 Å². The molecule has 5 rings (SSSR count). The first-order valence-corrected chi connectivity index (χ1v) is 12.1. The van der Waals surface area contributed by atoms with Crippen molar-refractivity contribution in [1.82, 2.24) is 9.38 Å². The van der Waals surface area contributed by atoms with Crippen LogP contribution in [0, 0.1) is 0 Å². The lowest BCUT2D eigenvalue weighted by atomic mass is 9.87. The monoisotopic (exact) mass is 470 g/mol. The van der Waals surface area contributed by atoms with Crippen LogP contribution in [0.15, 0.2) is 77.6 Å². The zero-order chi connectivity index (χ0) is 23.7. The third kappa shape index (κ3) is 4.54. The molecule has 34 heavy (non-hydrogen) atoms. The van der Waals surface area contributed by atoms with Gasteiger partial charge in [0.2, 0.25) is 0 Å². The number of rotatable bonds is 6. The summed E-state index contributed by atoms with van der Waals surface area (Å²) in [6, 6.07) is 23.6. The number of nitrogens with zero attached hydrogens (tertiary/aromatic N) is 2. The number of hydrogen-bond donors (Lipinski definition) is 0. The van der Waals surface area contributed by atoms with Crippen molar-refractivity contribution in [3.63, 3.8) is 0 Å². The quantitative estimate of drug-likeness (QED) is 0.320. The molecule has 5 nitrogen and oxygen atoms in total. The molecule has 0 saturated heterocycles. The van der Waals surface area contributed by atoms with Crippen molar-refractivity contribution >= 4 is 33.4 Å². The maximum absolute atomic E-state index is 12.9. The number of fused-ring (bicyclic) bond motifs is 3. The normalized spacial score (nSPS) is 12.5. The van der Waals surface area contributed by atoms with Crippen LogP contribution in [0.25, 0.3) is 22.1 Å². The molecule has 0 aliphatic rings. The third-order valence-electron chi connectivity index (χ3n) is 5.66. The predicted octanol–water partition coefficient (Wildman–Crippen LogP) is 5.21. The van der Waals surface area contributed by atoms with Gasteiger partial charge in [-0.1, -0.05) is 68.5 Å². The molecule has 2 aromatic heterocycles. The summed E-state index contributed by atoms with van der Waals surface area (Å²) in [5.41, 5.74) is 3.99. The Balaban J connectivity index is 1.21. The highest BCUT2D eigenvalue weighted by Crippen LogP contribution is 2.24. The Hall–Kier alpha value is -3.64. The number of ether oxygens (including phenoxy) is 2. The molecule has 3 aromatic carbocycles. The van der Waals surface area contributed by atoms with Crippen LogP contribution in [-0.4, -0.2) is 22.6 Å². The largest absolute Gasteiger partial charge is 0.490 e. The molecule has 5 aromatic rings. The minimum absolute atomic E-state index is 0.0401. The van der Waals surface area contributed by atoms with Gasteiger partial charge in [0.25, 0.3) is 5.56 Å². The van der Waals surface area contributed by atoms with Crippen molar-refractivity contribution in [2.24, 2.45) is 0 Å². The van der Waals surface area contributed by atoms with E-state index in [9.17, 15) is 4.79 Å². The summed E-state index contributed by atoms with van der Waals surface area (Å²) in [5.74, 6) is 1.60. The second kappa shape index (κ2) is 8.95. The summed E-state index contributed by atoms with van der Waals surface area (Å²) in [6.45, 7) is 7.49. The van der Waals surface area contributed by atoms with Gasteiger partial charge >= 0.3 is 0 Å². The van der Waals surface area contributed by atoms with E-state index >= 15 is 0 Å². The van der Waals surface area contributed by atoms with Crippen molar-refractivity contribution in [2.45, 2.75) is 26.2 Å². The fraction of sp³-hybridized carbons (Fsp3) is 0.214. The van der Waals surface area contributed by atoms with Crippen LogP contribution < -0.4 is 19.6 Å². The van der Waals surface area contributed by atoms with E-state index in [0.29, 0.717) is 22.7 Å². The summed E-state index contributed by atoms with van der Waals surface area (Å²) >= 11 is 1.40. The molecule has 0 radical (unpaired) electrons. The Morgan fingerprint density at radius 2 is 1.50 bits per heavy atom. The van der Waals surface area contributed by atoms with E-state index in [4.69, 9.17) is 9.47 Å². The minimum atomic E-state index is -0.0401. The number of aromatic nitrogens is 2. The highest BCUT2D eigenvalue weighted by molar-refractivity contribution is 7.15. The summed E-state index contributed by atoms with van der Waals surface area (Å²) in [7, 11) is 0. The van der Waals surface area contributed by atoms with Crippen molar-refractivity contribution in [3.8, 4) is 11.5 Å². The lowest BCUT2D eigenvalue weighted by Gasteiger charge is -2.19. The van der Waals surface area contributed by atoms with Crippen LogP contribution in [0.5, 0.6) is 11.5 Å². The van der Waals surface area contributed by atoms with E-state index in [-0.39, 0.29) is 11.0 Å². The van der Waals surface area contributed by atoms with E-state index in [1.807, 2.05) is 66.7 Å². The van der Waals surface area contributed by atoms with Crippen molar-refractivity contribution < 1.29 is 9.47 Å². The Kier molecular flexibility index (Phi) is 5.84. The molecule has 0 amide bonds. The van der Waals surface area contributed by atoms with Gasteiger partial charge in [-0.25, -0.2) is 9.38 Å². The van der Waals surface area contributed by atoms with Gasteiger partial charge in [-0.15, -0.1) is 0 Å². The van der Waals surface area contributed by atoms with Crippen LogP contribution in [-0.2, 0) is 5.41 Å². The number of benzene rings is 3. The number of hydrogen-bond acceptors (Lipinski definition) is 5. The average Bonchev–Trinajstić information content (AvgIpc) is 3.33. The van der Waals surface area contributed by atoms with Gasteiger partial charge in [0.15, 0.2) is 4.96 Å². The Bertz CT molecular complexity index is 1540. The smallest absolute Gasteiger partial charge is 0.274 e.